The van der Waals surface area contributed by atoms with Crippen molar-refractivity contribution in [2.24, 2.45) is 5.92 Å². The molecule has 1 amide bonds. The van der Waals surface area contributed by atoms with E-state index in [0.29, 0.717) is 42.5 Å². The van der Waals surface area contributed by atoms with Gasteiger partial charge in [-0.2, -0.15) is 4.98 Å². The van der Waals surface area contributed by atoms with Crippen molar-refractivity contribution < 1.29 is 4.79 Å². The largest absolute Gasteiger partial charge is 0.353 e. The summed E-state index contributed by atoms with van der Waals surface area (Å²) in [6, 6.07) is 6.25. The van der Waals surface area contributed by atoms with Crippen LogP contribution in [0, 0.1) is 5.92 Å². The number of anilines is 2. The summed E-state index contributed by atoms with van der Waals surface area (Å²) in [5.74, 6) is 1.44. The molecule has 192 valence electrons. The van der Waals surface area contributed by atoms with Crippen LogP contribution in [0.15, 0.2) is 36.8 Å². The highest BCUT2D eigenvalue weighted by Gasteiger charge is 2.42. The van der Waals surface area contributed by atoms with Crippen molar-refractivity contribution >= 4 is 34.9 Å². The highest BCUT2D eigenvalue weighted by atomic mass is 35.5. The van der Waals surface area contributed by atoms with Gasteiger partial charge < -0.3 is 24.0 Å². The van der Waals surface area contributed by atoms with E-state index in [1.54, 1.807) is 6.20 Å². The van der Waals surface area contributed by atoms with E-state index in [1.807, 2.05) is 42.4 Å². The summed E-state index contributed by atoms with van der Waals surface area (Å²) < 4.78 is 2.06. The molecule has 9 nitrogen and oxygen atoms in total. The van der Waals surface area contributed by atoms with Gasteiger partial charge in [0.1, 0.15) is 10.7 Å². The Balaban J connectivity index is 1.31. The van der Waals surface area contributed by atoms with Crippen molar-refractivity contribution in [3.63, 3.8) is 0 Å². The Labute approximate surface area is 217 Å². The van der Waals surface area contributed by atoms with Crippen LogP contribution in [0.25, 0.3) is 5.65 Å². The fourth-order valence-electron chi connectivity index (χ4n) is 5.52. The number of piperazine rings is 1. The van der Waals surface area contributed by atoms with Crippen molar-refractivity contribution in [1.29, 1.82) is 0 Å². The summed E-state index contributed by atoms with van der Waals surface area (Å²) in [6.07, 6.45) is 5.56. The Hall–Kier alpha value is -2.91. The lowest BCUT2D eigenvalue weighted by Crippen LogP contribution is -2.58. The SMILES string of the molecule is CCN(C(=O)C1CN(c2nc(N3CCN(C)C[C@@H]3C)ncc2Cl)C1)C(C)(C)c1cnc2ccccn12. The van der Waals surface area contributed by atoms with Gasteiger partial charge in [0.25, 0.3) is 0 Å². The predicted octanol–water partition coefficient (Wildman–Crippen LogP) is 3.14. The second-order valence-electron chi connectivity index (χ2n) is 10.5. The Morgan fingerprint density at radius 3 is 2.67 bits per heavy atom. The van der Waals surface area contributed by atoms with E-state index in [1.165, 1.54) is 0 Å². The van der Waals surface area contributed by atoms with Gasteiger partial charge in [-0.1, -0.05) is 17.7 Å². The topological polar surface area (TPSA) is 73.1 Å². The summed E-state index contributed by atoms with van der Waals surface area (Å²) >= 11 is 6.52. The van der Waals surface area contributed by atoms with Gasteiger partial charge in [0.05, 0.1) is 29.5 Å². The first-order valence-electron chi connectivity index (χ1n) is 12.7. The van der Waals surface area contributed by atoms with Crippen molar-refractivity contribution in [2.75, 3.05) is 56.1 Å². The smallest absolute Gasteiger partial charge is 0.230 e. The first-order chi connectivity index (χ1) is 17.2. The van der Waals surface area contributed by atoms with Gasteiger partial charge in [-0.05, 0) is 46.9 Å². The number of nitrogens with zero attached hydrogens (tertiary/aromatic N) is 8. The number of hydrogen-bond acceptors (Lipinski definition) is 7. The zero-order valence-corrected chi connectivity index (χ0v) is 22.5. The number of carbonyl (C=O) groups excluding carboxylic acids is 1. The number of amides is 1. The lowest BCUT2D eigenvalue weighted by atomic mass is 9.92. The number of carbonyl (C=O) groups is 1. The lowest BCUT2D eigenvalue weighted by Gasteiger charge is -2.45. The molecular formula is C26H35ClN8O. The van der Waals surface area contributed by atoms with E-state index in [-0.39, 0.29) is 11.8 Å². The van der Waals surface area contributed by atoms with Gasteiger partial charge in [-0.25, -0.2) is 9.97 Å². The van der Waals surface area contributed by atoms with Crippen LogP contribution in [0.1, 0.15) is 33.4 Å². The van der Waals surface area contributed by atoms with Crippen LogP contribution in [0.2, 0.25) is 5.02 Å². The molecule has 2 fully saturated rings. The Bertz CT molecular complexity index is 1250. The monoisotopic (exact) mass is 510 g/mol. The summed E-state index contributed by atoms with van der Waals surface area (Å²) in [5, 5.41) is 0.518. The van der Waals surface area contributed by atoms with E-state index in [0.717, 1.165) is 31.0 Å². The molecule has 0 radical (unpaired) electrons. The molecule has 10 heteroatoms. The Morgan fingerprint density at radius 1 is 1.17 bits per heavy atom. The van der Waals surface area contributed by atoms with Crippen LogP contribution >= 0.6 is 11.6 Å². The maximum Gasteiger partial charge on any atom is 0.230 e. The molecule has 3 aromatic rings. The van der Waals surface area contributed by atoms with Gasteiger partial charge in [-0.15, -0.1) is 0 Å². The zero-order chi connectivity index (χ0) is 25.6. The number of hydrogen-bond donors (Lipinski definition) is 0. The van der Waals surface area contributed by atoms with Gasteiger partial charge in [0.2, 0.25) is 11.9 Å². The molecule has 0 spiro atoms. The molecule has 2 aliphatic heterocycles. The van der Waals surface area contributed by atoms with Crippen LogP contribution in [0.4, 0.5) is 11.8 Å². The Morgan fingerprint density at radius 2 is 1.94 bits per heavy atom. The lowest BCUT2D eigenvalue weighted by molar-refractivity contribution is -0.142. The number of imidazole rings is 1. The van der Waals surface area contributed by atoms with Crippen LogP contribution in [0.3, 0.4) is 0 Å². The van der Waals surface area contributed by atoms with E-state index in [4.69, 9.17) is 16.6 Å². The second kappa shape index (κ2) is 9.52. The molecular weight excluding hydrogens is 476 g/mol. The zero-order valence-electron chi connectivity index (χ0n) is 21.7. The molecule has 0 saturated carbocycles. The molecule has 1 atom stereocenters. The highest BCUT2D eigenvalue weighted by molar-refractivity contribution is 6.32. The first kappa shape index (κ1) is 24.8. The average molecular weight is 511 g/mol. The third-order valence-corrected chi connectivity index (χ3v) is 7.90. The minimum absolute atomic E-state index is 0.111. The van der Waals surface area contributed by atoms with E-state index >= 15 is 0 Å². The number of halogens is 1. The van der Waals surface area contributed by atoms with Crippen LogP contribution < -0.4 is 9.80 Å². The number of rotatable bonds is 6. The summed E-state index contributed by atoms with van der Waals surface area (Å²) in [4.78, 5) is 36.2. The number of aromatic nitrogens is 4. The normalized spacial score (nSPS) is 19.6. The minimum Gasteiger partial charge on any atom is -0.353 e. The van der Waals surface area contributed by atoms with Gasteiger partial charge in [0.15, 0.2) is 5.82 Å². The summed E-state index contributed by atoms with van der Waals surface area (Å²) in [6.45, 7) is 13.0. The van der Waals surface area contributed by atoms with E-state index in [9.17, 15) is 4.79 Å². The predicted molar refractivity (Wildman–Crippen MR) is 143 cm³/mol. The molecule has 0 unspecified atom stereocenters. The summed E-state index contributed by atoms with van der Waals surface area (Å²) in [5.41, 5.74) is 1.36. The van der Waals surface area contributed by atoms with Crippen molar-refractivity contribution in [3.8, 4) is 0 Å². The molecule has 5 rings (SSSR count). The number of pyridine rings is 1. The Kier molecular flexibility index (Phi) is 6.55. The minimum atomic E-state index is -0.510. The first-order valence-corrected chi connectivity index (χ1v) is 13.0. The third-order valence-electron chi connectivity index (χ3n) is 7.63. The van der Waals surface area contributed by atoms with E-state index < -0.39 is 5.54 Å². The molecule has 0 aromatic carbocycles. The van der Waals surface area contributed by atoms with Gasteiger partial charge in [0, 0.05) is 51.5 Å². The van der Waals surface area contributed by atoms with Crippen LogP contribution in [0.5, 0.6) is 0 Å². The molecule has 0 bridgehead atoms. The maximum atomic E-state index is 13.7. The van der Waals surface area contributed by atoms with Crippen molar-refractivity contribution in [1.82, 2.24) is 29.2 Å². The van der Waals surface area contributed by atoms with E-state index in [2.05, 4.69) is 56.9 Å². The second-order valence-corrected chi connectivity index (χ2v) is 10.9. The van der Waals surface area contributed by atoms with Crippen molar-refractivity contribution in [2.45, 2.75) is 39.3 Å². The molecule has 36 heavy (non-hydrogen) atoms. The standard InChI is InChI=1S/C26H35ClN8O/c1-6-35(26(3,4)21-14-28-22-9-7-8-10-34(21)22)24(36)19-16-32(17-19)23-20(27)13-29-25(30-23)33-12-11-31(5)15-18(33)2/h7-10,13-14,18-19H,6,11-12,15-17H2,1-5H3/t18-/m0/s1. The maximum absolute atomic E-state index is 13.7. The fourth-order valence-corrected chi connectivity index (χ4v) is 5.73. The van der Waals surface area contributed by atoms with Crippen LogP contribution in [-0.4, -0.2) is 87.4 Å². The number of likely N-dealkylation sites (N-methyl/N-ethyl adjacent to an activating group) is 1. The molecule has 2 aliphatic rings. The molecule has 0 aliphatic carbocycles. The fraction of sp³-hybridized carbons (Fsp3) is 0.538. The molecule has 0 N–H and O–H groups in total. The van der Waals surface area contributed by atoms with Gasteiger partial charge >= 0.3 is 0 Å². The third kappa shape index (κ3) is 4.28. The molecule has 2 saturated heterocycles. The van der Waals surface area contributed by atoms with Crippen LogP contribution in [-0.2, 0) is 10.3 Å². The molecule has 3 aromatic heterocycles. The average Bonchev–Trinajstić information content (AvgIpc) is 3.25. The highest BCUT2D eigenvalue weighted by Crippen LogP contribution is 2.35. The molecule has 5 heterocycles. The quantitative estimate of drug-likeness (QED) is 0.504. The van der Waals surface area contributed by atoms with Gasteiger partial charge in [-0.3, -0.25) is 4.79 Å². The number of fused-ring (bicyclic) bond motifs is 1. The van der Waals surface area contributed by atoms with Crippen molar-refractivity contribution in [3.05, 3.63) is 47.5 Å². The summed E-state index contributed by atoms with van der Waals surface area (Å²) in [7, 11) is 2.13.